The summed E-state index contributed by atoms with van der Waals surface area (Å²) >= 11 is 0. The van der Waals surface area contributed by atoms with Crippen LogP contribution >= 0.6 is 0 Å². The molecule has 0 fully saturated rings. The van der Waals surface area contributed by atoms with Crippen molar-refractivity contribution in [1.29, 1.82) is 0 Å². The highest BCUT2D eigenvalue weighted by molar-refractivity contribution is 6.40. The number of nitrogens with zero attached hydrogens (tertiary/aromatic N) is 4. The standard InChI is InChI=1S/C59H37N5O/c65-59-46-30-28-37(38-32-33-60-36-38)34-51(46)61(39-16-4-1-5-17-39)52-35-42(29-31-47(52)59)64-49-26-14-10-22-43(49)53-54-44-23-11-13-25-48(44)62(40-18-6-2-7-19-40)57(54)58-55(56(53)64)45-24-12-15-27-50(45)63(58)41-20-8-3-9-21-41/h1-36,60H. The Balaban J connectivity index is 1.22. The van der Waals surface area contributed by atoms with Gasteiger partial charge in [-0.25, -0.2) is 0 Å². The van der Waals surface area contributed by atoms with E-state index in [4.69, 9.17) is 0 Å². The quantitative estimate of drug-likeness (QED) is 0.173. The van der Waals surface area contributed by atoms with Crippen molar-refractivity contribution in [2.24, 2.45) is 0 Å². The molecule has 6 nitrogen and oxygen atoms in total. The second kappa shape index (κ2) is 13.6. The number of fused-ring (bicyclic) bond motifs is 14. The Bertz CT molecular complexity index is 4290. The molecule has 6 heteroatoms. The minimum Gasteiger partial charge on any atom is -0.367 e. The van der Waals surface area contributed by atoms with Crippen molar-refractivity contribution in [2.75, 3.05) is 0 Å². The third-order valence-corrected chi connectivity index (χ3v) is 13.5. The van der Waals surface area contributed by atoms with Gasteiger partial charge >= 0.3 is 0 Å². The maximum Gasteiger partial charge on any atom is 0.197 e. The highest BCUT2D eigenvalue weighted by Gasteiger charge is 2.29. The Hall–Kier alpha value is -8.87. The molecule has 0 atom stereocenters. The van der Waals surface area contributed by atoms with Gasteiger partial charge < -0.3 is 23.3 Å². The summed E-state index contributed by atoms with van der Waals surface area (Å²) in [5.74, 6) is 0. The SMILES string of the molecule is O=c1c2ccc(-c3cc[nH]c3)cc2n(-c2ccccc2)c2cc(-n3c4ccccc4c4c5c6ccccc6n(-c6ccccc6)c5c5c(c6ccccc6n5-c5ccccc5)c43)ccc12. The number of nitrogens with one attached hydrogen (secondary N) is 1. The molecule has 0 unspecified atom stereocenters. The molecule has 0 amide bonds. The van der Waals surface area contributed by atoms with E-state index in [2.05, 4.69) is 205 Å². The third-order valence-electron chi connectivity index (χ3n) is 13.5. The van der Waals surface area contributed by atoms with Crippen LogP contribution < -0.4 is 5.43 Å². The van der Waals surface area contributed by atoms with E-state index in [0.717, 1.165) is 88.8 Å². The van der Waals surface area contributed by atoms with Crippen LogP contribution in [0, 0.1) is 0 Å². The van der Waals surface area contributed by atoms with Gasteiger partial charge in [0.05, 0.1) is 44.1 Å². The summed E-state index contributed by atoms with van der Waals surface area (Å²) in [5.41, 5.74) is 14.7. The minimum absolute atomic E-state index is 0.0142. The van der Waals surface area contributed by atoms with Crippen LogP contribution in [0.3, 0.4) is 0 Å². The molecule has 0 aliphatic carbocycles. The normalized spacial score (nSPS) is 12.1. The van der Waals surface area contributed by atoms with E-state index >= 15 is 0 Å². The van der Waals surface area contributed by atoms with Gasteiger partial charge in [0.25, 0.3) is 0 Å². The maximum absolute atomic E-state index is 14.7. The van der Waals surface area contributed by atoms with Crippen LogP contribution in [0.4, 0.5) is 0 Å². The fraction of sp³-hybridized carbons (Fsp3) is 0. The molecular weight excluding hydrogens is 795 g/mol. The summed E-state index contributed by atoms with van der Waals surface area (Å²) in [4.78, 5) is 17.9. The summed E-state index contributed by atoms with van der Waals surface area (Å²) in [5, 5.41) is 8.42. The number of aromatic nitrogens is 5. The first kappa shape index (κ1) is 35.7. The van der Waals surface area contributed by atoms with Crippen molar-refractivity contribution < 1.29 is 0 Å². The Morgan fingerprint density at radius 2 is 0.754 bits per heavy atom. The molecule has 14 rings (SSSR count). The molecule has 0 saturated carbocycles. The summed E-state index contributed by atoms with van der Waals surface area (Å²) in [6.45, 7) is 0. The molecule has 1 N–H and O–H groups in total. The van der Waals surface area contributed by atoms with Gasteiger partial charge in [0.2, 0.25) is 0 Å². The Morgan fingerprint density at radius 1 is 0.308 bits per heavy atom. The summed E-state index contributed by atoms with van der Waals surface area (Å²) in [6.07, 6.45) is 3.93. The number of rotatable bonds is 5. The summed E-state index contributed by atoms with van der Waals surface area (Å²) in [7, 11) is 0. The molecular formula is C59H37N5O. The lowest BCUT2D eigenvalue weighted by molar-refractivity contribution is 1.14. The van der Waals surface area contributed by atoms with Gasteiger partial charge in [0.15, 0.2) is 5.43 Å². The smallest absolute Gasteiger partial charge is 0.197 e. The Kier molecular flexibility index (Phi) is 7.45. The van der Waals surface area contributed by atoms with Crippen LogP contribution in [0.5, 0.6) is 0 Å². The molecule has 0 radical (unpaired) electrons. The van der Waals surface area contributed by atoms with E-state index in [1.54, 1.807) is 0 Å². The van der Waals surface area contributed by atoms with Crippen LogP contribution in [-0.2, 0) is 0 Å². The van der Waals surface area contributed by atoms with Crippen molar-refractivity contribution in [3.8, 4) is 33.9 Å². The molecule has 0 spiro atoms. The lowest BCUT2D eigenvalue weighted by atomic mass is 10.0. The number of H-pyrrole nitrogens is 1. The number of pyridine rings is 1. The van der Waals surface area contributed by atoms with Crippen LogP contribution in [0.25, 0.3) is 121 Å². The van der Waals surface area contributed by atoms with Crippen molar-refractivity contribution in [3.63, 3.8) is 0 Å². The van der Waals surface area contributed by atoms with Gasteiger partial charge in [-0.1, -0.05) is 115 Å². The van der Waals surface area contributed by atoms with Crippen LogP contribution in [0.2, 0.25) is 0 Å². The number of para-hydroxylation sites is 6. The van der Waals surface area contributed by atoms with E-state index in [9.17, 15) is 4.79 Å². The second-order valence-electron chi connectivity index (χ2n) is 16.9. The van der Waals surface area contributed by atoms with Gasteiger partial charge in [-0.05, 0) is 102 Å². The molecule has 0 aliphatic heterocycles. The fourth-order valence-electron chi connectivity index (χ4n) is 10.9. The van der Waals surface area contributed by atoms with E-state index in [1.807, 2.05) is 36.7 Å². The summed E-state index contributed by atoms with van der Waals surface area (Å²) < 4.78 is 9.66. The molecule has 304 valence electrons. The Labute approximate surface area is 371 Å². The first-order chi connectivity index (χ1) is 32.2. The topological polar surface area (TPSA) is 52.6 Å². The number of aromatic amines is 1. The molecule has 65 heavy (non-hydrogen) atoms. The Morgan fingerprint density at radius 3 is 1.31 bits per heavy atom. The minimum atomic E-state index is 0.0142. The van der Waals surface area contributed by atoms with Crippen LogP contribution in [0.15, 0.2) is 223 Å². The molecule has 0 bridgehead atoms. The molecule has 0 saturated heterocycles. The number of hydrogen-bond acceptors (Lipinski definition) is 1. The molecule has 5 aromatic heterocycles. The zero-order valence-electron chi connectivity index (χ0n) is 35.0. The molecule has 14 aromatic rings. The van der Waals surface area contributed by atoms with E-state index in [1.165, 1.54) is 21.5 Å². The average molecular weight is 832 g/mol. The van der Waals surface area contributed by atoms with Crippen molar-refractivity contribution in [3.05, 3.63) is 229 Å². The van der Waals surface area contributed by atoms with Gasteiger partial charge in [-0.2, -0.15) is 0 Å². The zero-order chi connectivity index (χ0) is 42.8. The summed E-state index contributed by atoms with van der Waals surface area (Å²) in [6, 6.07) is 73.2. The largest absolute Gasteiger partial charge is 0.367 e. The molecule has 0 aliphatic rings. The van der Waals surface area contributed by atoms with Crippen molar-refractivity contribution in [2.45, 2.75) is 0 Å². The first-order valence-electron chi connectivity index (χ1n) is 22.1. The fourth-order valence-corrected chi connectivity index (χ4v) is 10.9. The predicted octanol–water partition coefficient (Wildman–Crippen LogP) is 14.4. The van der Waals surface area contributed by atoms with Gasteiger partial charge in [0.1, 0.15) is 0 Å². The lowest BCUT2D eigenvalue weighted by Gasteiger charge is -2.18. The zero-order valence-corrected chi connectivity index (χ0v) is 35.0. The van der Waals surface area contributed by atoms with Crippen molar-refractivity contribution >= 4 is 87.2 Å². The highest BCUT2D eigenvalue weighted by Crippen LogP contribution is 2.50. The number of hydrogen-bond donors (Lipinski definition) is 1. The average Bonchev–Trinajstić information content (AvgIpc) is 4.17. The van der Waals surface area contributed by atoms with Crippen LogP contribution in [0.1, 0.15) is 0 Å². The van der Waals surface area contributed by atoms with E-state index in [0.29, 0.717) is 10.8 Å². The van der Waals surface area contributed by atoms with Crippen molar-refractivity contribution in [1.82, 2.24) is 23.3 Å². The van der Waals surface area contributed by atoms with E-state index in [-0.39, 0.29) is 5.43 Å². The maximum atomic E-state index is 14.7. The van der Waals surface area contributed by atoms with Gasteiger partial charge in [-0.3, -0.25) is 4.79 Å². The van der Waals surface area contributed by atoms with E-state index < -0.39 is 0 Å². The predicted molar refractivity (Wildman–Crippen MR) is 270 cm³/mol. The van der Waals surface area contributed by atoms with Gasteiger partial charge in [0, 0.05) is 78.2 Å². The second-order valence-corrected chi connectivity index (χ2v) is 16.9. The highest BCUT2D eigenvalue weighted by atomic mass is 16.1. The number of benzene rings is 9. The monoisotopic (exact) mass is 831 g/mol. The molecule has 9 aromatic carbocycles. The van der Waals surface area contributed by atoms with Crippen LogP contribution in [-0.4, -0.2) is 23.3 Å². The first-order valence-corrected chi connectivity index (χ1v) is 22.1. The van der Waals surface area contributed by atoms with Gasteiger partial charge in [-0.15, -0.1) is 0 Å². The lowest BCUT2D eigenvalue weighted by Crippen LogP contribution is -2.11. The molecule has 5 heterocycles. The third kappa shape index (κ3) is 4.96.